The van der Waals surface area contributed by atoms with E-state index in [0.717, 1.165) is 27.9 Å². The smallest absolute Gasteiger partial charge is 0.126 e. The summed E-state index contributed by atoms with van der Waals surface area (Å²) in [7, 11) is 0. The zero-order valence-electron chi connectivity index (χ0n) is 15.2. The summed E-state index contributed by atoms with van der Waals surface area (Å²) in [5, 5.41) is 10.5. The number of nitrogens with zero attached hydrogens (tertiary/aromatic N) is 2. The summed E-state index contributed by atoms with van der Waals surface area (Å²) in [5.74, 6) is 0.153. The van der Waals surface area contributed by atoms with Gasteiger partial charge >= 0.3 is 0 Å². The zero-order valence-corrected chi connectivity index (χ0v) is 15.2. The van der Waals surface area contributed by atoms with Gasteiger partial charge in [0.25, 0.3) is 0 Å². The number of pyridine rings is 1. The van der Waals surface area contributed by atoms with Crippen molar-refractivity contribution in [2.45, 2.75) is 13.0 Å². The molecule has 28 heavy (non-hydrogen) atoms. The Kier molecular flexibility index (Phi) is 4.85. The molecule has 0 saturated heterocycles. The summed E-state index contributed by atoms with van der Waals surface area (Å²) in [4.78, 5) is 4.38. The number of halogens is 2. The van der Waals surface area contributed by atoms with Crippen LogP contribution >= 0.6 is 0 Å². The van der Waals surface area contributed by atoms with Gasteiger partial charge in [-0.3, -0.25) is 5.10 Å². The number of H-pyrrole nitrogens is 1. The van der Waals surface area contributed by atoms with E-state index in [2.05, 4.69) is 20.5 Å². The standard InChI is InChI=1S/C22H18F2N4/c1-14(15-2-6-18(23)7-3-15)27-21-12-17(10-11-25-21)20-13-26-28-22(20)16-4-8-19(24)9-5-16/h2-14H,1H3,(H,25,27)(H,26,28). The highest BCUT2D eigenvalue weighted by Crippen LogP contribution is 2.31. The molecule has 1 unspecified atom stereocenters. The van der Waals surface area contributed by atoms with Crippen LogP contribution in [0.5, 0.6) is 0 Å². The van der Waals surface area contributed by atoms with Gasteiger partial charge in [0.05, 0.1) is 11.9 Å². The molecule has 0 saturated carbocycles. The maximum Gasteiger partial charge on any atom is 0.126 e. The second-order valence-electron chi connectivity index (χ2n) is 6.51. The van der Waals surface area contributed by atoms with E-state index in [1.165, 1.54) is 24.3 Å². The van der Waals surface area contributed by atoms with Crippen LogP contribution in [0.1, 0.15) is 18.5 Å². The number of hydrogen-bond acceptors (Lipinski definition) is 3. The molecular weight excluding hydrogens is 358 g/mol. The van der Waals surface area contributed by atoms with Gasteiger partial charge in [0, 0.05) is 23.4 Å². The molecule has 2 heterocycles. The fourth-order valence-corrected chi connectivity index (χ4v) is 3.08. The van der Waals surface area contributed by atoms with Crippen LogP contribution in [0.3, 0.4) is 0 Å². The van der Waals surface area contributed by atoms with Crippen LogP contribution in [-0.2, 0) is 0 Å². The lowest BCUT2D eigenvalue weighted by molar-refractivity contribution is 0.626. The third-order valence-electron chi connectivity index (χ3n) is 4.58. The van der Waals surface area contributed by atoms with Crippen molar-refractivity contribution in [1.82, 2.24) is 15.2 Å². The first kappa shape index (κ1) is 17.9. The molecule has 0 radical (unpaired) electrons. The zero-order chi connectivity index (χ0) is 19.5. The maximum atomic E-state index is 13.2. The molecule has 2 aromatic heterocycles. The SMILES string of the molecule is CC(Nc1cc(-c2cn[nH]c2-c2ccc(F)cc2)ccn1)c1ccc(F)cc1. The van der Waals surface area contributed by atoms with E-state index in [-0.39, 0.29) is 17.7 Å². The Morgan fingerprint density at radius 3 is 2.29 bits per heavy atom. The normalized spacial score (nSPS) is 12.0. The molecule has 0 aliphatic carbocycles. The molecule has 140 valence electrons. The molecule has 4 aromatic rings. The molecular formula is C22H18F2N4. The van der Waals surface area contributed by atoms with Gasteiger partial charge in [-0.2, -0.15) is 5.10 Å². The van der Waals surface area contributed by atoms with Gasteiger partial charge in [-0.1, -0.05) is 12.1 Å². The maximum absolute atomic E-state index is 13.2. The lowest BCUT2D eigenvalue weighted by Gasteiger charge is -2.15. The Labute approximate surface area is 161 Å². The molecule has 1 atom stereocenters. The molecule has 0 bridgehead atoms. The van der Waals surface area contributed by atoms with Crippen LogP contribution in [0.2, 0.25) is 0 Å². The van der Waals surface area contributed by atoms with Gasteiger partial charge in [-0.25, -0.2) is 13.8 Å². The summed E-state index contributed by atoms with van der Waals surface area (Å²) in [5.41, 5.74) is 4.44. The number of anilines is 1. The van der Waals surface area contributed by atoms with E-state index < -0.39 is 0 Å². The number of hydrogen-bond donors (Lipinski definition) is 2. The fourth-order valence-electron chi connectivity index (χ4n) is 3.08. The van der Waals surface area contributed by atoms with Crippen molar-refractivity contribution < 1.29 is 8.78 Å². The van der Waals surface area contributed by atoms with E-state index in [1.54, 1.807) is 36.7 Å². The van der Waals surface area contributed by atoms with Crippen LogP contribution < -0.4 is 5.32 Å². The van der Waals surface area contributed by atoms with Crippen molar-refractivity contribution in [2.24, 2.45) is 0 Å². The minimum Gasteiger partial charge on any atom is -0.364 e. The minimum atomic E-state index is -0.282. The number of rotatable bonds is 5. The van der Waals surface area contributed by atoms with Crippen molar-refractivity contribution >= 4 is 5.82 Å². The lowest BCUT2D eigenvalue weighted by atomic mass is 10.0. The lowest BCUT2D eigenvalue weighted by Crippen LogP contribution is -2.07. The Morgan fingerprint density at radius 2 is 1.57 bits per heavy atom. The molecule has 0 aliphatic rings. The van der Waals surface area contributed by atoms with Crippen LogP contribution in [0.15, 0.2) is 73.1 Å². The number of nitrogens with one attached hydrogen (secondary N) is 2. The first-order valence-electron chi connectivity index (χ1n) is 8.88. The van der Waals surface area contributed by atoms with E-state index >= 15 is 0 Å². The van der Waals surface area contributed by atoms with Crippen LogP contribution in [0.25, 0.3) is 22.4 Å². The van der Waals surface area contributed by atoms with Crippen LogP contribution in [-0.4, -0.2) is 15.2 Å². The molecule has 4 rings (SSSR count). The summed E-state index contributed by atoms with van der Waals surface area (Å²) >= 11 is 0. The van der Waals surface area contributed by atoms with E-state index in [0.29, 0.717) is 5.82 Å². The van der Waals surface area contributed by atoms with Gasteiger partial charge in [0.15, 0.2) is 0 Å². The molecule has 4 nitrogen and oxygen atoms in total. The summed E-state index contributed by atoms with van der Waals surface area (Å²) in [6.45, 7) is 1.99. The molecule has 2 aromatic carbocycles. The summed E-state index contributed by atoms with van der Waals surface area (Å²) < 4.78 is 26.3. The van der Waals surface area contributed by atoms with Crippen molar-refractivity contribution in [3.8, 4) is 22.4 Å². The predicted octanol–water partition coefficient (Wildman–Crippen LogP) is 5.59. The van der Waals surface area contributed by atoms with Crippen molar-refractivity contribution in [3.63, 3.8) is 0 Å². The Hall–Kier alpha value is -3.54. The van der Waals surface area contributed by atoms with Gasteiger partial charge in [-0.05, 0) is 66.6 Å². The summed E-state index contributed by atoms with van der Waals surface area (Å²) in [6.07, 6.45) is 3.46. The first-order valence-corrected chi connectivity index (χ1v) is 8.88. The first-order chi connectivity index (χ1) is 13.6. The Bertz CT molecular complexity index is 1070. The third-order valence-corrected chi connectivity index (χ3v) is 4.58. The average Bonchev–Trinajstić information content (AvgIpc) is 3.19. The van der Waals surface area contributed by atoms with E-state index in [1.807, 2.05) is 19.1 Å². The monoisotopic (exact) mass is 376 g/mol. The highest BCUT2D eigenvalue weighted by molar-refractivity contribution is 5.81. The number of aromatic amines is 1. The minimum absolute atomic E-state index is 0.0377. The summed E-state index contributed by atoms with van der Waals surface area (Å²) in [6, 6.07) is 16.4. The average molecular weight is 376 g/mol. The Balaban J connectivity index is 1.60. The second-order valence-corrected chi connectivity index (χ2v) is 6.51. The molecule has 0 amide bonds. The van der Waals surface area contributed by atoms with Crippen molar-refractivity contribution in [3.05, 3.63) is 90.3 Å². The van der Waals surface area contributed by atoms with Gasteiger partial charge in [0.2, 0.25) is 0 Å². The van der Waals surface area contributed by atoms with Crippen molar-refractivity contribution in [1.29, 1.82) is 0 Å². The van der Waals surface area contributed by atoms with Crippen LogP contribution in [0.4, 0.5) is 14.6 Å². The topological polar surface area (TPSA) is 53.6 Å². The predicted molar refractivity (Wildman–Crippen MR) is 106 cm³/mol. The number of benzene rings is 2. The van der Waals surface area contributed by atoms with E-state index in [4.69, 9.17) is 0 Å². The van der Waals surface area contributed by atoms with Gasteiger partial charge in [-0.15, -0.1) is 0 Å². The molecule has 2 N–H and O–H groups in total. The third kappa shape index (κ3) is 3.76. The highest BCUT2D eigenvalue weighted by Gasteiger charge is 2.12. The van der Waals surface area contributed by atoms with Crippen LogP contribution in [0, 0.1) is 11.6 Å². The Morgan fingerprint density at radius 1 is 0.893 bits per heavy atom. The number of aromatic nitrogens is 3. The van der Waals surface area contributed by atoms with Crippen molar-refractivity contribution in [2.75, 3.05) is 5.32 Å². The molecule has 0 spiro atoms. The highest BCUT2D eigenvalue weighted by atomic mass is 19.1. The molecule has 0 fully saturated rings. The quantitative estimate of drug-likeness (QED) is 0.477. The fraction of sp³-hybridized carbons (Fsp3) is 0.0909. The molecule has 0 aliphatic heterocycles. The largest absolute Gasteiger partial charge is 0.364 e. The molecule has 6 heteroatoms. The van der Waals surface area contributed by atoms with Gasteiger partial charge in [0.1, 0.15) is 17.5 Å². The second kappa shape index (κ2) is 7.60. The van der Waals surface area contributed by atoms with Gasteiger partial charge < -0.3 is 5.32 Å². The van der Waals surface area contributed by atoms with E-state index in [9.17, 15) is 8.78 Å².